The average molecular weight is 231 g/mol. The molecule has 0 radical (unpaired) electrons. The molecule has 0 bridgehead atoms. The zero-order valence-corrected chi connectivity index (χ0v) is 10.8. The van der Waals surface area contributed by atoms with Crippen LogP contribution in [0.2, 0.25) is 0 Å². The van der Waals surface area contributed by atoms with Crippen molar-refractivity contribution in [2.24, 2.45) is 17.6 Å². The summed E-state index contributed by atoms with van der Waals surface area (Å²) in [6.45, 7) is 9.17. The van der Waals surface area contributed by atoms with E-state index in [2.05, 4.69) is 6.92 Å². The van der Waals surface area contributed by atoms with E-state index >= 15 is 0 Å². The van der Waals surface area contributed by atoms with E-state index in [0.29, 0.717) is 19.1 Å². The van der Waals surface area contributed by atoms with Gasteiger partial charge in [0.15, 0.2) is 0 Å². The Hall–Kier alpha value is -0.610. The van der Waals surface area contributed by atoms with Crippen LogP contribution in [0.15, 0.2) is 0 Å². The first kappa shape index (κ1) is 15.4. The number of aliphatic carboxylic acids is 1. The van der Waals surface area contributed by atoms with Gasteiger partial charge in [-0.05, 0) is 45.6 Å². The third-order valence-electron chi connectivity index (χ3n) is 2.33. The maximum atomic E-state index is 10.6. The van der Waals surface area contributed by atoms with E-state index in [0.717, 1.165) is 6.42 Å². The van der Waals surface area contributed by atoms with Gasteiger partial charge in [0, 0.05) is 13.0 Å². The number of nitrogens with two attached hydrogens (primary N) is 1. The molecule has 4 nitrogen and oxygen atoms in total. The lowest BCUT2D eigenvalue weighted by Gasteiger charge is -2.24. The molecule has 0 amide bonds. The standard InChI is InChI=1S/C12H25NO3/c1-9(8-16-12(2,3)4)5-10(7-13)6-11(14)15/h9-10H,5-8,13H2,1-4H3,(H,14,15)/t9-,10-/m0/s1. The van der Waals surface area contributed by atoms with Crippen LogP contribution in [0.25, 0.3) is 0 Å². The van der Waals surface area contributed by atoms with Crippen LogP contribution in [0, 0.1) is 11.8 Å². The van der Waals surface area contributed by atoms with Gasteiger partial charge in [0.25, 0.3) is 0 Å². The Bertz CT molecular complexity index is 211. The topological polar surface area (TPSA) is 72.5 Å². The summed E-state index contributed by atoms with van der Waals surface area (Å²) in [6, 6.07) is 0. The Morgan fingerprint density at radius 3 is 2.38 bits per heavy atom. The third kappa shape index (κ3) is 8.68. The fourth-order valence-electron chi connectivity index (χ4n) is 1.54. The van der Waals surface area contributed by atoms with Gasteiger partial charge in [-0.2, -0.15) is 0 Å². The van der Waals surface area contributed by atoms with Gasteiger partial charge in [0.05, 0.1) is 5.60 Å². The first-order chi connectivity index (χ1) is 7.24. The molecule has 0 aromatic rings. The van der Waals surface area contributed by atoms with E-state index in [1.807, 2.05) is 20.8 Å². The van der Waals surface area contributed by atoms with Crippen molar-refractivity contribution in [2.75, 3.05) is 13.2 Å². The summed E-state index contributed by atoms with van der Waals surface area (Å²) in [6.07, 6.45) is 0.954. The van der Waals surface area contributed by atoms with Crippen molar-refractivity contribution < 1.29 is 14.6 Å². The predicted octanol–water partition coefficient (Wildman–Crippen LogP) is 1.88. The van der Waals surface area contributed by atoms with E-state index in [4.69, 9.17) is 15.6 Å². The van der Waals surface area contributed by atoms with E-state index in [1.54, 1.807) is 0 Å². The summed E-state index contributed by atoms with van der Waals surface area (Å²) in [5, 5.41) is 8.70. The summed E-state index contributed by atoms with van der Waals surface area (Å²) >= 11 is 0. The van der Waals surface area contributed by atoms with Crippen molar-refractivity contribution in [3.63, 3.8) is 0 Å². The van der Waals surface area contributed by atoms with Crippen LogP contribution in [-0.4, -0.2) is 29.8 Å². The fourth-order valence-corrected chi connectivity index (χ4v) is 1.54. The molecular weight excluding hydrogens is 206 g/mol. The third-order valence-corrected chi connectivity index (χ3v) is 2.33. The molecule has 3 N–H and O–H groups in total. The van der Waals surface area contributed by atoms with Crippen LogP contribution in [0.5, 0.6) is 0 Å². The smallest absolute Gasteiger partial charge is 0.303 e. The number of carbonyl (C=O) groups is 1. The number of hydrogen-bond acceptors (Lipinski definition) is 3. The minimum Gasteiger partial charge on any atom is -0.481 e. The minimum atomic E-state index is -0.778. The first-order valence-electron chi connectivity index (χ1n) is 5.80. The second kappa shape index (κ2) is 6.86. The molecule has 0 saturated heterocycles. The second-order valence-electron chi connectivity index (χ2n) is 5.46. The lowest BCUT2D eigenvalue weighted by molar-refractivity contribution is -0.138. The van der Waals surface area contributed by atoms with E-state index < -0.39 is 5.97 Å². The van der Waals surface area contributed by atoms with Gasteiger partial charge >= 0.3 is 5.97 Å². The van der Waals surface area contributed by atoms with Crippen molar-refractivity contribution in [1.82, 2.24) is 0 Å². The molecule has 96 valence electrons. The number of carboxylic acid groups (broad SMARTS) is 1. The second-order valence-corrected chi connectivity index (χ2v) is 5.46. The Morgan fingerprint density at radius 2 is 2.00 bits per heavy atom. The maximum Gasteiger partial charge on any atom is 0.303 e. The van der Waals surface area contributed by atoms with Crippen LogP contribution in [0.3, 0.4) is 0 Å². The zero-order chi connectivity index (χ0) is 12.8. The van der Waals surface area contributed by atoms with Crippen LogP contribution >= 0.6 is 0 Å². The minimum absolute atomic E-state index is 0.0519. The molecule has 0 unspecified atom stereocenters. The lowest BCUT2D eigenvalue weighted by atomic mass is 9.93. The molecule has 0 aliphatic carbocycles. The first-order valence-corrected chi connectivity index (χ1v) is 5.80. The van der Waals surface area contributed by atoms with Crippen molar-refractivity contribution in [3.05, 3.63) is 0 Å². The summed E-state index contributed by atoms with van der Waals surface area (Å²) in [5.74, 6) is -0.386. The quantitative estimate of drug-likeness (QED) is 0.701. The van der Waals surface area contributed by atoms with Crippen molar-refractivity contribution in [1.29, 1.82) is 0 Å². The van der Waals surface area contributed by atoms with Crippen LogP contribution in [-0.2, 0) is 9.53 Å². The van der Waals surface area contributed by atoms with Gasteiger partial charge in [-0.1, -0.05) is 6.92 Å². The molecule has 0 rings (SSSR count). The SMILES string of the molecule is C[C@H](COC(C)(C)C)C[C@H](CN)CC(=O)O. The Morgan fingerprint density at radius 1 is 1.44 bits per heavy atom. The maximum absolute atomic E-state index is 10.6. The Labute approximate surface area is 98.2 Å². The van der Waals surface area contributed by atoms with Gasteiger partial charge in [-0.3, -0.25) is 4.79 Å². The molecular formula is C12H25NO3. The fraction of sp³-hybridized carbons (Fsp3) is 0.917. The molecule has 0 heterocycles. The highest BCUT2D eigenvalue weighted by Gasteiger charge is 2.17. The summed E-state index contributed by atoms with van der Waals surface area (Å²) in [4.78, 5) is 10.6. The monoisotopic (exact) mass is 231 g/mol. The number of hydrogen-bond donors (Lipinski definition) is 2. The molecule has 0 aliphatic heterocycles. The van der Waals surface area contributed by atoms with Gasteiger partial charge < -0.3 is 15.6 Å². The molecule has 0 aromatic heterocycles. The number of ether oxygens (including phenoxy) is 1. The number of carboxylic acids is 1. The normalized spacial score (nSPS) is 15.8. The van der Waals surface area contributed by atoms with Crippen LogP contribution in [0.1, 0.15) is 40.5 Å². The molecule has 2 atom stereocenters. The van der Waals surface area contributed by atoms with Crippen LogP contribution < -0.4 is 5.73 Å². The summed E-state index contributed by atoms with van der Waals surface area (Å²) < 4.78 is 5.65. The molecule has 0 aromatic carbocycles. The van der Waals surface area contributed by atoms with E-state index in [9.17, 15) is 4.79 Å². The van der Waals surface area contributed by atoms with Gasteiger partial charge in [0.2, 0.25) is 0 Å². The largest absolute Gasteiger partial charge is 0.481 e. The van der Waals surface area contributed by atoms with Gasteiger partial charge in [0.1, 0.15) is 0 Å². The lowest BCUT2D eigenvalue weighted by Crippen LogP contribution is -2.26. The van der Waals surface area contributed by atoms with Gasteiger partial charge in [-0.15, -0.1) is 0 Å². The molecule has 0 fully saturated rings. The van der Waals surface area contributed by atoms with Crippen LogP contribution in [0.4, 0.5) is 0 Å². The van der Waals surface area contributed by atoms with Crippen molar-refractivity contribution in [2.45, 2.75) is 46.1 Å². The zero-order valence-electron chi connectivity index (χ0n) is 10.8. The van der Waals surface area contributed by atoms with Gasteiger partial charge in [-0.25, -0.2) is 0 Å². The average Bonchev–Trinajstić information content (AvgIpc) is 2.12. The molecule has 0 aliphatic rings. The number of rotatable bonds is 7. The van der Waals surface area contributed by atoms with Crippen molar-refractivity contribution >= 4 is 5.97 Å². The highest BCUT2D eigenvalue weighted by molar-refractivity contribution is 5.67. The van der Waals surface area contributed by atoms with Crippen molar-refractivity contribution in [3.8, 4) is 0 Å². The molecule has 0 saturated carbocycles. The highest BCUT2D eigenvalue weighted by atomic mass is 16.5. The summed E-state index contributed by atoms with van der Waals surface area (Å²) in [7, 11) is 0. The molecule has 4 heteroatoms. The molecule has 16 heavy (non-hydrogen) atoms. The van der Waals surface area contributed by atoms with E-state index in [-0.39, 0.29) is 17.9 Å². The predicted molar refractivity (Wildman–Crippen MR) is 64.3 cm³/mol. The highest BCUT2D eigenvalue weighted by Crippen LogP contribution is 2.17. The summed E-state index contributed by atoms with van der Waals surface area (Å²) in [5.41, 5.74) is 5.41. The molecule has 0 spiro atoms. The Balaban J connectivity index is 3.91. The Kier molecular flexibility index (Phi) is 6.60. The van der Waals surface area contributed by atoms with E-state index in [1.165, 1.54) is 0 Å².